The number of hydrogen-bond acceptors (Lipinski definition) is 13. The van der Waals surface area contributed by atoms with Crippen molar-refractivity contribution < 1.29 is 56.1 Å². The molecule has 2 fully saturated rings. The summed E-state index contributed by atoms with van der Waals surface area (Å²) in [6.45, 7) is 13.0. The monoisotopic (exact) mass is 1120 g/mol. The molecule has 3 aromatic carbocycles. The zero-order valence-electron chi connectivity index (χ0n) is 45.3. The Labute approximate surface area is 460 Å². The SMILES string of the molecule is Cc1ncsc1-c1ccc(CNC(=O)[C@@H]2C[C@@H](O)CN2C(=O)[C@@H](NC(=O)CCOCCOCCCC(=O)c2ccc(F)c(-c3ccc(N4C[C@@H](C)N(C)[C@@H](C)C4)c(NC(=O)c4c[nH]c(=O)cc4C(F)(F)F)c3)c2)C(C)(C)C)cc1. The predicted octanol–water partition coefficient (Wildman–Crippen LogP) is 7.61. The normalized spacial score (nSPS) is 18.3. The fraction of sp³-hybridized carbons (Fsp3) is 0.456. The van der Waals surface area contributed by atoms with Gasteiger partial charge in [0.15, 0.2) is 5.78 Å². The molecule has 2 aliphatic rings. The molecule has 2 aromatic heterocycles. The molecule has 4 heterocycles. The molecule has 2 saturated heterocycles. The Kier molecular flexibility index (Phi) is 19.6. The third kappa shape index (κ3) is 15.3. The van der Waals surface area contributed by atoms with Gasteiger partial charge in [-0.05, 0) is 86.7 Å². The van der Waals surface area contributed by atoms with Gasteiger partial charge < -0.3 is 45.3 Å². The van der Waals surface area contributed by atoms with Crippen LogP contribution >= 0.6 is 11.3 Å². The Morgan fingerprint density at radius 2 is 1.57 bits per heavy atom. The number of aromatic amines is 1. The molecule has 5 aromatic rings. The van der Waals surface area contributed by atoms with E-state index in [1.165, 1.54) is 23.1 Å². The quantitative estimate of drug-likeness (QED) is 0.0273. The lowest BCUT2D eigenvalue weighted by molar-refractivity contribution is -0.144. The van der Waals surface area contributed by atoms with E-state index in [1.54, 1.807) is 49.8 Å². The number of nitrogens with zero attached hydrogens (tertiary/aromatic N) is 4. The number of anilines is 2. The average Bonchev–Trinajstić information content (AvgIpc) is 4.08. The van der Waals surface area contributed by atoms with E-state index < -0.39 is 75.9 Å². The summed E-state index contributed by atoms with van der Waals surface area (Å²) in [5.41, 5.74) is 1.66. The lowest BCUT2D eigenvalue weighted by atomic mass is 9.85. The second kappa shape index (κ2) is 26.0. The van der Waals surface area contributed by atoms with Crippen molar-refractivity contribution in [3.8, 4) is 21.6 Å². The average molecular weight is 1120 g/mol. The summed E-state index contributed by atoms with van der Waals surface area (Å²) in [5, 5.41) is 18.9. The number of pyridine rings is 1. The summed E-state index contributed by atoms with van der Waals surface area (Å²) in [6, 6.07) is 14.9. The molecule has 79 heavy (non-hydrogen) atoms. The highest BCUT2D eigenvalue weighted by Crippen LogP contribution is 2.37. The number of thiazole rings is 1. The van der Waals surface area contributed by atoms with Gasteiger partial charge in [0, 0.05) is 87.5 Å². The molecule has 0 saturated carbocycles. The molecule has 0 aliphatic carbocycles. The molecule has 17 nitrogen and oxygen atoms in total. The number of aliphatic hydroxyl groups excluding tert-OH is 1. The van der Waals surface area contributed by atoms with Gasteiger partial charge in [0.1, 0.15) is 17.9 Å². The van der Waals surface area contributed by atoms with E-state index in [-0.39, 0.29) is 99.0 Å². The van der Waals surface area contributed by atoms with Gasteiger partial charge in [0.2, 0.25) is 23.3 Å². The van der Waals surface area contributed by atoms with E-state index in [9.17, 15) is 47.0 Å². The van der Waals surface area contributed by atoms with Gasteiger partial charge in [-0.1, -0.05) is 51.1 Å². The molecule has 2 aliphatic heterocycles. The van der Waals surface area contributed by atoms with E-state index in [0.29, 0.717) is 37.5 Å². The topological polar surface area (TPSA) is 216 Å². The molecule has 4 amide bonds. The lowest BCUT2D eigenvalue weighted by Crippen LogP contribution is -2.57. The molecule has 424 valence electrons. The first kappa shape index (κ1) is 59.8. The molecule has 0 unspecified atom stereocenters. The minimum atomic E-state index is -5.01. The van der Waals surface area contributed by atoms with Crippen molar-refractivity contribution >= 4 is 52.1 Å². The van der Waals surface area contributed by atoms with E-state index in [0.717, 1.165) is 27.8 Å². The number of alkyl halides is 3. The number of likely N-dealkylation sites (N-methyl/N-ethyl adjacent to an activating group) is 1. The number of amides is 4. The molecule has 0 bridgehead atoms. The van der Waals surface area contributed by atoms with Crippen LogP contribution in [-0.2, 0) is 36.6 Å². The van der Waals surface area contributed by atoms with Crippen molar-refractivity contribution in [3.05, 3.63) is 123 Å². The van der Waals surface area contributed by atoms with Crippen molar-refractivity contribution in [1.82, 2.24) is 30.4 Å². The van der Waals surface area contributed by atoms with Gasteiger partial charge in [0.05, 0.1) is 64.5 Å². The van der Waals surface area contributed by atoms with Crippen LogP contribution in [0.15, 0.2) is 83.2 Å². The molecule has 22 heteroatoms. The fourth-order valence-corrected chi connectivity index (χ4v) is 10.5. The smallest absolute Gasteiger partial charge is 0.391 e. The number of carbonyl (C=O) groups excluding carboxylic acids is 5. The van der Waals surface area contributed by atoms with Crippen molar-refractivity contribution in [3.63, 3.8) is 0 Å². The van der Waals surface area contributed by atoms with Gasteiger partial charge in [-0.15, -0.1) is 11.3 Å². The Bertz CT molecular complexity index is 3040. The number of β-amino-alcohol motifs (C(OH)–C–C–N with tert-alkyl or cyclic N) is 1. The maximum atomic E-state index is 15.6. The molecular formula is C57H68F4N8O9S. The summed E-state index contributed by atoms with van der Waals surface area (Å²) >= 11 is 1.55. The number of H-pyrrole nitrogens is 1. The number of benzene rings is 3. The van der Waals surface area contributed by atoms with Gasteiger partial charge >= 0.3 is 6.18 Å². The number of aliphatic hydroxyl groups is 1. The van der Waals surface area contributed by atoms with E-state index in [4.69, 9.17) is 9.47 Å². The number of Topliss-reactive ketones (excluding diaryl/α,β-unsaturated/α-hetero) is 1. The highest BCUT2D eigenvalue weighted by molar-refractivity contribution is 7.13. The third-order valence-corrected chi connectivity index (χ3v) is 15.2. The van der Waals surface area contributed by atoms with E-state index in [1.807, 2.05) is 57.0 Å². The zero-order valence-corrected chi connectivity index (χ0v) is 46.1. The number of likely N-dealkylation sites (tertiary alicyclic amines) is 1. The van der Waals surface area contributed by atoms with Crippen molar-refractivity contribution in [1.29, 1.82) is 0 Å². The number of carbonyl (C=O) groups is 5. The maximum absolute atomic E-state index is 15.6. The Hall–Kier alpha value is -6.85. The van der Waals surface area contributed by atoms with Crippen molar-refractivity contribution in [2.24, 2.45) is 5.41 Å². The largest absolute Gasteiger partial charge is 0.417 e. The predicted molar refractivity (Wildman–Crippen MR) is 292 cm³/mol. The number of ketones is 1. The summed E-state index contributed by atoms with van der Waals surface area (Å²) in [5.74, 6) is -3.46. The lowest BCUT2D eigenvalue weighted by Gasteiger charge is -2.44. The first-order valence-electron chi connectivity index (χ1n) is 26.1. The molecule has 0 spiro atoms. The van der Waals surface area contributed by atoms with Crippen LogP contribution in [0, 0.1) is 18.2 Å². The highest BCUT2D eigenvalue weighted by atomic mass is 32.1. The summed E-state index contributed by atoms with van der Waals surface area (Å²) in [6.07, 6.45) is -4.88. The van der Waals surface area contributed by atoms with Crippen LogP contribution in [0.5, 0.6) is 0 Å². The number of aromatic nitrogens is 2. The van der Waals surface area contributed by atoms with Crippen LogP contribution in [-0.4, -0.2) is 138 Å². The minimum absolute atomic E-state index is 0.0167. The fourth-order valence-electron chi connectivity index (χ4n) is 9.66. The second-order valence-corrected chi connectivity index (χ2v) is 22.1. The van der Waals surface area contributed by atoms with Crippen LogP contribution in [0.4, 0.5) is 28.9 Å². The van der Waals surface area contributed by atoms with Crippen molar-refractivity contribution in [2.75, 3.05) is 63.3 Å². The maximum Gasteiger partial charge on any atom is 0.417 e. The molecular weight excluding hydrogens is 1050 g/mol. The molecule has 0 radical (unpaired) electrons. The van der Waals surface area contributed by atoms with E-state index >= 15 is 4.39 Å². The molecule has 5 N–H and O–H groups in total. The number of ether oxygens (including phenoxy) is 2. The van der Waals surface area contributed by atoms with Gasteiger partial charge in [-0.3, -0.25) is 33.7 Å². The standard InChI is InChI=1S/C57H68F4N8O9S/c1-33-29-68(30-34(2)67(33)7)46-17-15-38(24-45(46)65-53(74)42-28-62-50(73)26-43(42)57(59,60)61)41-23-39(14-16-44(41)58)48(71)9-8-19-77-21-22-78-20-18-49(72)66-52(56(4,5)6)55(76)69-31-40(70)25-47(69)54(75)63-27-36-10-12-37(13-11-36)51-35(3)64-32-79-51/h10-17,23-24,26,28,32-34,40,47,52,70H,8-9,18-22,25,27,29-31H2,1-7H3,(H,62,73)(H,63,75)(H,65,74)(H,66,72)/t33-,34+,40-,47+,52-/m1/s1. The minimum Gasteiger partial charge on any atom is -0.391 e. The van der Waals surface area contributed by atoms with Gasteiger partial charge in [-0.2, -0.15) is 13.2 Å². The zero-order chi connectivity index (χ0) is 57.3. The number of aryl methyl sites for hydroxylation is 1. The Balaban J connectivity index is 0.872. The van der Waals surface area contributed by atoms with Crippen LogP contribution in [0.1, 0.15) is 97.8 Å². The summed E-state index contributed by atoms with van der Waals surface area (Å²) in [7, 11) is 1.98. The van der Waals surface area contributed by atoms with Crippen LogP contribution in [0.2, 0.25) is 0 Å². The van der Waals surface area contributed by atoms with Crippen LogP contribution in [0.25, 0.3) is 21.6 Å². The second-order valence-electron chi connectivity index (χ2n) is 21.2. The third-order valence-electron chi connectivity index (χ3n) is 14.3. The summed E-state index contributed by atoms with van der Waals surface area (Å²) in [4.78, 5) is 92.5. The van der Waals surface area contributed by atoms with Crippen LogP contribution in [0.3, 0.4) is 0 Å². The number of rotatable bonds is 21. The first-order chi connectivity index (χ1) is 37.4. The van der Waals surface area contributed by atoms with Crippen LogP contribution < -0.4 is 26.4 Å². The Morgan fingerprint density at radius 1 is 0.886 bits per heavy atom. The Morgan fingerprint density at radius 3 is 2.23 bits per heavy atom. The molecule has 7 rings (SSSR count). The molecule has 5 atom stereocenters. The summed E-state index contributed by atoms with van der Waals surface area (Å²) < 4.78 is 68.9. The highest BCUT2D eigenvalue weighted by Gasteiger charge is 2.44. The number of hydrogen-bond donors (Lipinski definition) is 5. The number of piperazine rings is 1. The number of halogens is 4. The van der Waals surface area contributed by atoms with Crippen molar-refractivity contribution in [2.45, 2.75) is 110 Å². The first-order valence-corrected chi connectivity index (χ1v) is 27.0. The van der Waals surface area contributed by atoms with E-state index in [2.05, 4.69) is 30.8 Å². The van der Waals surface area contributed by atoms with Gasteiger partial charge in [-0.25, -0.2) is 9.37 Å². The number of nitrogens with one attached hydrogen (secondary N) is 4. The van der Waals surface area contributed by atoms with Gasteiger partial charge in [0.25, 0.3) is 5.91 Å².